The van der Waals surface area contributed by atoms with Crippen LogP contribution in [0.2, 0.25) is 0 Å². The van der Waals surface area contributed by atoms with Gasteiger partial charge in [-0.2, -0.15) is 0 Å². The zero-order chi connectivity index (χ0) is 14.8. The van der Waals surface area contributed by atoms with E-state index in [-0.39, 0.29) is 5.41 Å². The number of nitrogens with zero attached hydrogens (tertiary/aromatic N) is 1. The molecule has 112 valence electrons. The SMILES string of the molecule is CC1C2Cc3ccc(O)cc3C1(C)CCN2C(=O)C1CC1. The summed E-state index contributed by atoms with van der Waals surface area (Å²) in [5, 5.41) is 9.84. The molecule has 0 radical (unpaired) electrons. The van der Waals surface area contributed by atoms with Crippen LogP contribution in [-0.4, -0.2) is 28.5 Å². The molecule has 2 bridgehead atoms. The lowest BCUT2D eigenvalue weighted by atomic mass is 9.59. The first-order chi connectivity index (χ1) is 10.0. The number of rotatable bonds is 1. The van der Waals surface area contributed by atoms with Crippen molar-refractivity contribution in [3.8, 4) is 5.75 Å². The molecular formula is C18H23NO2. The maximum atomic E-state index is 12.6. The van der Waals surface area contributed by atoms with Crippen molar-refractivity contribution in [2.45, 2.75) is 51.0 Å². The Morgan fingerprint density at radius 2 is 2.14 bits per heavy atom. The first-order valence-electron chi connectivity index (χ1n) is 8.13. The van der Waals surface area contributed by atoms with Gasteiger partial charge in [-0.05, 0) is 60.3 Å². The molecule has 1 aromatic carbocycles. The normalized spacial score (nSPS) is 34.5. The van der Waals surface area contributed by atoms with Crippen LogP contribution in [0, 0.1) is 11.8 Å². The first kappa shape index (κ1) is 13.2. The number of amides is 1. The van der Waals surface area contributed by atoms with Crippen molar-refractivity contribution in [3.63, 3.8) is 0 Å². The van der Waals surface area contributed by atoms with Crippen molar-refractivity contribution in [1.82, 2.24) is 4.90 Å². The van der Waals surface area contributed by atoms with Gasteiger partial charge in [-0.15, -0.1) is 0 Å². The lowest BCUT2D eigenvalue weighted by Gasteiger charge is -2.54. The average Bonchev–Trinajstić information content (AvgIpc) is 3.28. The molecule has 1 N–H and O–H groups in total. The maximum Gasteiger partial charge on any atom is 0.225 e. The summed E-state index contributed by atoms with van der Waals surface area (Å²) in [5.41, 5.74) is 2.69. The fourth-order valence-corrected chi connectivity index (χ4v) is 4.45. The third kappa shape index (κ3) is 1.82. The Kier molecular flexibility index (Phi) is 2.66. The number of likely N-dealkylation sites (tertiary alicyclic amines) is 1. The predicted octanol–water partition coefficient (Wildman–Crippen LogP) is 2.85. The summed E-state index contributed by atoms with van der Waals surface area (Å²) >= 11 is 0. The molecule has 3 aliphatic rings. The number of carbonyl (C=O) groups is 1. The minimum Gasteiger partial charge on any atom is -0.508 e. The third-order valence-corrected chi connectivity index (χ3v) is 6.20. The second kappa shape index (κ2) is 4.25. The topological polar surface area (TPSA) is 40.5 Å². The fourth-order valence-electron chi connectivity index (χ4n) is 4.45. The Hall–Kier alpha value is -1.51. The van der Waals surface area contributed by atoms with Crippen LogP contribution in [0.5, 0.6) is 5.75 Å². The number of phenolic OH excluding ortho intramolecular Hbond substituents is 1. The van der Waals surface area contributed by atoms with Crippen LogP contribution < -0.4 is 0 Å². The number of fused-ring (bicyclic) bond motifs is 4. The van der Waals surface area contributed by atoms with Crippen LogP contribution in [0.15, 0.2) is 18.2 Å². The van der Waals surface area contributed by atoms with Crippen LogP contribution >= 0.6 is 0 Å². The quantitative estimate of drug-likeness (QED) is 0.862. The number of carbonyl (C=O) groups excluding carboxylic acids is 1. The van der Waals surface area contributed by atoms with E-state index in [2.05, 4.69) is 18.7 Å². The van der Waals surface area contributed by atoms with Crippen molar-refractivity contribution in [2.75, 3.05) is 6.54 Å². The van der Waals surface area contributed by atoms with E-state index in [1.54, 1.807) is 6.07 Å². The molecule has 1 saturated carbocycles. The van der Waals surface area contributed by atoms with Gasteiger partial charge in [-0.25, -0.2) is 0 Å². The van der Waals surface area contributed by atoms with E-state index < -0.39 is 0 Å². The lowest BCUT2D eigenvalue weighted by molar-refractivity contribution is -0.140. The summed E-state index contributed by atoms with van der Waals surface area (Å²) in [5.74, 6) is 1.50. The molecule has 2 aliphatic carbocycles. The molecule has 3 heteroatoms. The summed E-state index contributed by atoms with van der Waals surface area (Å²) in [6.45, 7) is 5.46. The maximum absolute atomic E-state index is 12.6. The molecule has 3 nitrogen and oxygen atoms in total. The third-order valence-electron chi connectivity index (χ3n) is 6.20. The zero-order valence-electron chi connectivity index (χ0n) is 12.8. The van der Waals surface area contributed by atoms with Crippen LogP contribution in [-0.2, 0) is 16.6 Å². The van der Waals surface area contributed by atoms with E-state index in [1.807, 2.05) is 12.1 Å². The number of benzene rings is 1. The second-order valence-electron chi connectivity index (χ2n) is 7.37. The van der Waals surface area contributed by atoms with Crippen LogP contribution in [0.1, 0.15) is 44.2 Å². The van der Waals surface area contributed by atoms with E-state index in [0.717, 1.165) is 32.2 Å². The smallest absolute Gasteiger partial charge is 0.225 e. The van der Waals surface area contributed by atoms with Crippen LogP contribution in [0.25, 0.3) is 0 Å². The molecule has 1 saturated heterocycles. The van der Waals surface area contributed by atoms with Crippen molar-refractivity contribution < 1.29 is 9.90 Å². The van der Waals surface area contributed by atoms with E-state index in [0.29, 0.717) is 29.5 Å². The van der Waals surface area contributed by atoms with Crippen molar-refractivity contribution in [3.05, 3.63) is 29.3 Å². The van der Waals surface area contributed by atoms with Gasteiger partial charge in [-0.3, -0.25) is 4.79 Å². The first-order valence-corrected chi connectivity index (χ1v) is 8.13. The van der Waals surface area contributed by atoms with Crippen LogP contribution in [0.3, 0.4) is 0 Å². The molecule has 1 aliphatic heterocycles. The number of aromatic hydroxyl groups is 1. The Morgan fingerprint density at radius 3 is 2.86 bits per heavy atom. The number of hydrogen-bond acceptors (Lipinski definition) is 2. The molecule has 1 aromatic rings. The Balaban J connectivity index is 1.75. The zero-order valence-corrected chi connectivity index (χ0v) is 12.8. The minimum absolute atomic E-state index is 0.0807. The number of hydrogen-bond donors (Lipinski definition) is 1. The number of piperidine rings is 1. The average molecular weight is 285 g/mol. The van der Waals surface area contributed by atoms with Gasteiger partial charge < -0.3 is 10.0 Å². The predicted molar refractivity (Wildman–Crippen MR) is 81.2 cm³/mol. The van der Waals surface area contributed by atoms with E-state index in [1.165, 1.54) is 11.1 Å². The van der Waals surface area contributed by atoms with Gasteiger partial charge in [0.1, 0.15) is 5.75 Å². The van der Waals surface area contributed by atoms with Crippen LogP contribution in [0.4, 0.5) is 0 Å². The van der Waals surface area contributed by atoms with Crippen molar-refractivity contribution in [1.29, 1.82) is 0 Å². The molecule has 0 aromatic heterocycles. The Morgan fingerprint density at radius 1 is 1.38 bits per heavy atom. The van der Waals surface area contributed by atoms with Gasteiger partial charge in [0.25, 0.3) is 0 Å². The largest absolute Gasteiger partial charge is 0.508 e. The van der Waals surface area contributed by atoms with Gasteiger partial charge in [-0.1, -0.05) is 19.9 Å². The van der Waals surface area contributed by atoms with Crippen molar-refractivity contribution >= 4 is 5.91 Å². The molecular weight excluding hydrogens is 262 g/mol. The highest BCUT2D eigenvalue weighted by molar-refractivity contribution is 5.81. The molecule has 3 atom stereocenters. The van der Waals surface area contributed by atoms with E-state index >= 15 is 0 Å². The summed E-state index contributed by atoms with van der Waals surface area (Å²) in [6.07, 6.45) is 4.10. The molecule has 0 spiro atoms. The standard InChI is InChI=1S/C18H23NO2/c1-11-16-9-13-5-6-14(20)10-15(13)18(11,2)7-8-19(16)17(21)12-3-4-12/h5-6,10-12,16,20H,3-4,7-9H2,1-2H3. The minimum atomic E-state index is 0.0807. The highest BCUT2D eigenvalue weighted by Gasteiger charge is 2.51. The lowest BCUT2D eigenvalue weighted by Crippen LogP contribution is -2.59. The second-order valence-corrected chi connectivity index (χ2v) is 7.37. The number of phenols is 1. The fraction of sp³-hybridized carbons (Fsp3) is 0.611. The summed E-state index contributed by atoms with van der Waals surface area (Å²) in [4.78, 5) is 14.7. The van der Waals surface area contributed by atoms with Crippen molar-refractivity contribution in [2.24, 2.45) is 11.8 Å². The summed E-state index contributed by atoms with van der Waals surface area (Å²) in [7, 11) is 0. The van der Waals surface area contributed by atoms with Gasteiger partial charge in [0.2, 0.25) is 5.91 Å². The van der Waals surface area contributed by atoms with Gasteiger partial charge >= 0.3 is 0 Å². The molecule has 21 heavy (non-hydrogen) atoms. The Bertz CT molecular complexity index is 607. The van der Waals surface area contributed by atoms with Gasteiger partial charge in [0.15, 0.2) is 0 Å². The molecule has 4 rings (SSSR count). The highest BCUT2D eigenvalue weighted by atomic mass is 16.3. The molecule has 3 unspecified atom stereocenters. The van der Waals surface area contributed by atoms with E-state index in [9.17, 15) is 9.90 Å². The molecule has 2 fully saturated rings. The van der Waals surface area contributed by atoms with Gasteiger partial charge in [0, 0.05) is 18.5 Å². The van der Waals surface area contributed by atoms with Gasteiger partial charge in [0.05, 0.1) is 0 Å². The molecule has 1 amide bonds. The highest BCUT2D eigenvalue weighted by Crippen LogP contribution is 2.50. The molecule has 1 heterocycles. The van der Waals surface area contributed by atoms with E-state index in [4.69, 9.17) is 0 Å². The monoisotopic (exact) mass is 285 g/mol. The summed E-state index contributed by atoms with van der Waals surface area (Å²) in [6, 6.07) is 6.10. The summed E-state index contributed by atoms with van der Waals surface area (Å²) < 4.78 is 0. The Labute approximate surface area is 126 Å².